The van der Waals surface area contributed by atoms with Crippen molar-refractivity contribution in [2.75, 3.05) is 0 Å². The lowest BCUT2D eigenvalue weighted by atomic mass is 9.42. The van der Waals surface area contributed by atoms with Gasteiger partial charge in [-0.2, -0.15) is 0 Å². The second-order valence-electron chi connectivity index (χ2n) is 14.0. The van der Waals surface area contributed by atoms with Gasteiger partial charge in [0.15, 0.2) is 11.9 Å². The van der Waals surface area contributed by atoms with Gasteiger partial charge >= 0.3 is 11.9 Å². The molecule has 224 valence electrons. The van der Waals surface area contributed by atoms with Crippen LogP contribution >= 0.6 is 0 Å². The van der Waals surface area contributed by atoms with E-state index in [1.165, 1.54) is 19.9 Å². The van der Waals surface area contributed by atoms with Crippen molar-refractivity contribution < 1.29 is 43.7 Å². The van der Waals surface area contributed by atoms with Gasteiger partial charge in [0.2, 0.25) is 5.78 Å². The van der Waals surface area contributed by atoms with Crippen LogP contribution in [0.2, 0.25) is 0 Å². The van der Waals surface area contributed by atoms with E-state index in [-0.39, 0.29) is 66.2 Å². The number of aliphatic carboxylic acids is 1. The Labute approximate surface area is 240 Å². The first-order valence-electron chi connectivity index (χ1n) is 14.4. The van der Waals surface area contributed by atoms with Crippen molar-refractivity contribution in [1.29, 1.82) is 0 Å². The normalized spacial score (nSPS) is 38.2. The fourth-order valence-electron chi connectivity index (χ4n) is 8.84. The largest absolute Gasteiger partial charge is 0.478 e. The number of ketones is 4. The molecule has 7 atom stereocenters. The van der Waals surface area contributed by atoms with Crippen molar-refractivity contribution in [3.63, 3.8) is 0 Å². The SMILES string of the molecule is CC(=O)O[C@@H]1C(=O)C2=C(C(=O)C[C@H]3C(C)(C)C(=O)CC[C@]23C)[C@]2(C)C(=O)C[C@H]([C@@](C)(O)CC/C=C(\C)C(=O)O)[C@@]12C. The molecule has 0 aromatic rings. The minimum atomic E-state index is -1.57. The molecule has 0 aromatic heterocycles. The third kappa shape index (κ3) is 4.13. The first-order valence-corrected chi connectivity index (χ1v) is 14.4. The molecule has 0 amide bonds. The summed E-state index contributed by atoms with van der Waals surface area (Å²) in [6.45, 7) is 12.9. The third-order valence-corrected chi connectivity index (χ3v) is 11.5. The van der Waals surface area contributed by atoms with Gasteiger partial charge < -0.3 is 14.9 Å². The van der Waals surface area contributed by atoms with Crippen LogP contribution in [0.15, 0.2) is 22.8 Å². The smallest absolute Gasteiger partial charge is 0.330 e. The van der Waals surface area contributed by atoms with Crippen LogP contribution in [0.25, 0.3) is 0 Å². The monoisotopic (exact) mass is 570 g/mol. The van der Waals surface area contributed by atoms with Crippen molar-refractivity contribution in [1.82, 2.24) is 0 Å². The summed E-state index contributed by atoms with van der Waals surface area (Å²) in [5, 5.41) is 21.0. The topological polar surface area (TPSA) is 152 Å². The number of esters is 1. The number of hydrogen-bond donors (Lipinski definition) is 2. The number of carboxylic acid groups (broad SMARTS) is 1. The lowest BCUT2D eigenvalue weighted by Crippen LogP contribution is -2.65. The zero-order valence-corrected chi connectivity index (χ0v) is 25.3. The number of allylic oxidation sites excluding steroid dienone is 2. The van der Waals surface area contributed by atoms with Crippen molar-refractivity contribution in [3.05, 3.63) is 22.8 Å². The summed E-state index contributed by atoms with van der Waals surface area (Å²) in [6.07, 6.45) is 0.749. The Kier molecular flexibility index (Phi) is 7.22. The summed E-state index contributed by atoms with van der Waals surface area (Å²) in [7, 11) is 0. The van der Waals surface area contributed by atoms with Gasteiger partial charge in [0.25, 0.3) is 0 Å². The highest BCUT2D eigenvalue weighted by molar-refractivity contribution is 6.18. The molecular weight excluding hydrogens is 528 g/mol. The zero-order chi connectivity index (χ0) is 31.1. The van der Waals surface area contributed by atoms with Crippen LogP contribution in [0.3, 0.4) is 0 Å². The highest BCUT2D eigenvalue weighted by Crippen LogP contribution is 2.70. The molecule has 41 heavy (non-hydrogen) atoms. The van der Waals surface area contributed by atoms with E-state index in [4.69, 9.17) is 4.74 Å². The predicted molar refractivity (Wildman–Crippen MR) is 147 cm³/mol. The molecule has 2 saturated carbocycles. The quantitative estimate of drug-likeness (QED) is 0.357. The average Bonchev–Trinajstić information content (AvgIpc) is 3.07. The van der Waals surface area contributed by atoms with Crippen LogP contribution in [-0.4, -0.2) is 57.0 Å². The molecule has 4 aliphatic carbocycles. The minimum Gasteiger partial charge on any atom is -0.478 e. The Morgan fingerprint density at radius 3 is 2.17 bits per heavy atom. The van der Waals surface area contributed by atoms with E-state index in [2.05, 4.69) is 0 Å². The molecule has 0 saturated heterocycles. The van der Waals surface area contributed by atoms with Gasteiger partial charge in [-0.1, -0.05) is 33.8 Å². The molecular formula is C32H42O9. The van der Waals surface area contributed by atoms with E-state index < -0.39 is 62.9 Å². The Bertz CT molecular complexity index is 1330. The summed E-state index contributed by atoms with van der Waals surface area (Å²) < 4.78 is 5.76. The number of carbonyl (C=O) groups is 6. The summed E-state index contributed by atoms with van der Waals surface area (Å²) in [4.78, 5) is 79.5. The van der Waals surface area contributed by atoms with Gasteiger partial charge in [-0.05, 0) is 46.0 Å². The van der Waals surface area contributed by atoms with Crippen molar-refractivity contribution in [3.8, 4) is 0 Å². The second-order valence-corrected chi connectivity index (χ2v) is 14.0. The molecule has 4 rings (SSSR count). The number of fused-ring (bicyclic) bond motifs is 4. The Hall–Kier alpha value is -2.94. The standard InChI is InChI=1S/C32H42O9/c1-16(27(38)39)10-9-12-30(6,40)20-15-22(36)32(8)23-18(34)14-19-28(3,4)21(35)11-13-29(19,5)24(23)25(37)26(31(20,32)7)41-17(2)33/h10,19-20,26,40H,9,11-15H2,1-8H3,(H,38,39)/b16-10+/t19-,20+,26+,29-,30-,31-,32-/m0/s1. The molecule has 0 spiro atoms. The van der Waals surface area contributed by atoms with Crippen molar-refractivity contribution in [2.24, 2.45) is 33.5 Å². The van der Waals surface area contributed by atoms with Crippen LogP contribution in [0.1, 0.15) is 93.9 Å². The van der Waals surface area contributed by atoms with Gasteiger partial charge in [0.05, 0.1) is 11.0 Å². The minimum absolute atomic E-state index is 0.0128. The van der Waals surface area contributed by atoms with Crippen LogP contribution in [-0.2, 0) is 33.5 Å². The van der Waals surface area contributed by atoms with E-state index in [1.54, 1.807) is 34.6 Å². The lowest BCUT2D eigenvalue weighted by Gasteiger charge is -2.60. The predicted octanol–water partition coefficient (Wildman–Crippen LogP) is 3.95. The van der Waals surface area contributed by atoms with Gasteiger partial charge in [0, 0.05) is 65.1 Å². The average molecular weight is 571 g/mol. The van der Waals surface area contributed by atoms with Gasteiger partial charge in [-0.25, -0.2) is 4.79 Å². The summed E-state index contributed by atoms with van der Waals surface area (Å²) in [6, 6.07) is 0. The number of aliphatic hydroxyl groups is 1. The number of Topliss-reactive ketones (excluding diaryl/α,β-unsaturated/α-hetero) is 4. The van der Waals surface area contributed by atoms with Crippen molar-refractivity contribution >= 4 is 35.1 Å². The molecule has 9 nitrogen and oxygen atoms in total. The maximum absolute atomic E-state index is 14.6. The van der Waals surface area contributed by atoms with Gasteiger partial charge in [-0.15, -0.1) is 0 Å². The number of carboxylic acids is 1. The Morgan fingerprint density at radius 2 is 1.61 bits per heavy atom. The molecule has 2 fully saturated rings. The fraction of sp³-hybridized carbons (Fsp3) is 0.688. The maximum Gasteiger partial charge on any atom is 0.330 e. The third-order valence-electron chi connectivity index (χ3n) is 11.5. The van der Waals surface area contributed by atoms with Gasteiger partial charge in [0.1, 0.15) is 11.6 Å². The van der Waals surface area contributed by atoms with E-state index in [0.29, 0.717) is 6.42 Å². The van der Waals surface area contributed by atoms with E-state index >= 15 is 0 Å². The second kappa shape index (κ2) is 9.54. The number of rotatable bonds is 6. The van der Waals surface area contributed by atoms with Gasteiger partial charge in [-0.3, -0.25) is 24.0 Å². The molecule has 0 aromatic carbocycles. The van der Waals surface area contributed by atoms with Crippen LogP contribution < -0.4 is 0 Å². The van der Waals surface area contributed by atoms with Crippen molar-refractivity contribution in [2.45, 2.75) is 106 Å². The van der Waals surface area contributed by atoms with Crippen LogP contribution in [0, 0.1) is 33.5 Å². The molecule has 0 radical (unpaired) electrons. The molecule has 0 unspecified atom stereocenters. The maximum atomic E-state index is 14.6. The molecule has 4 aliphatic rings. The fourth-order valence-corrected chi connectivity index (χ4v) is 8.84. The number of hydrogen-bond acceptors (Lipinski definition) is 8. The summed E-state index contributed by atoms with van der Waals surface area (Å²) in [5.74, 6) is -4.35. The summed E-state index contributed by atoms with van der Waals surface area (Å²) in [5.41, 5.74) is -5.87. The number of ether oxygens (including phenoxy) is 1. The molecule has 2 N–H and O–H groups in total. The summed E-state index contributed by atoms with van der Waals surface area (Å²) >= 11 is 0. The van der Waals surface area contributed by atoms with E-state index in [0.717, 1.165) is 0 Å². The lowest BCUT2D eigenvalue weighted by molar-refractivity contribution is -0.182. The Balaban J connectivity index is 1.93. The highest BCUT2D eigenvalue weighted by Gasteiger charge is 2.76. The molecule has 9 heteroatoms. The zero-order valence-electron chi connectivity index (χ0n) is 25.3. The highest BCUT2D eigenvalue weighted by atomic mass is 16.5. The van der Waals surface area contributed by atoms with Crippen LogP contribution in [0.5, 0.6) is 0 Å². The molecule has 0 heterocycles. The first kappa shape index (κ1) is 31.0. The molecule has 0 bridgehead atoms. The van der Waals surface area contributed by atoms with E-state index in [1.807, 2.05) is 6.92 Å². The molecule has 0 aliphatic heterocycles. The van der Waals surface area contributed by atoms with Crippen LogP contribution in [0.4, 0.5) is 0 Å². The van der Waals surface area contributed by atoms with E-state index in [9.17, 15) is 39.0 Å². The Morgan fingerprint density at radius 1 is 1.00 bits per heavy atom. The first-order chi connectivity index (χ1) is 18.7. The number of carbonyl (C=O) groups excluding carboxylic acids is 5.